The maximum Gasteiger partial charge on any atom is 0.309 e. The van der Waals surface area contributed by atoms with Gasteiger partial charge in [0.1, 0.15) is 5.60 Å². The monoisotopic (exact) mass is 533 g/mol. The molecule has 0 aromatic heterocycles. The van der Waals surface area contributed by atoms with Crippen LogP contribution in [-0.4, -0.2) is 66.0 Å². The Balaban J connectivity index is 1.91. The average Bonchev–Trinajstić information content (AvgIpc) is 3.15. The molecule has 0 spiro atoms. The number of allylic oxidation sites excluding steroid dienone is 1. The first-order chi connectivity index (χ1) is 17.8. The van der Waals surface area contributed by atoms with E-state index in [-0.39, 0.29) is 54.4 Å². The molecule has 38 heavy (non-hydrogen) atoms. The van der Waals surface area contributed by atoms with Crippen LogP contribution in [0.2, 0.25) is 0 Å². The van der Waals surface area contributed by atoms with E-state index in [9.17, 15) is 19.2 Å². The molecule has 0 aromatic carbocycles. The van der Waals surface area contributed by atoms with Crippen molar-refractivity contribution in [1.82, 2.24) is 4.90 Å². The molecule has 0 aromatic rings. The van der Waals surface area contributed by atoms with Crippen LogP contribution in [0.1, 0.15) is 87.0 Å². The molecule has 1 aliphatic carbocycles. The van der Waals surface area contributed by atoms with Gasteiger partial charge in [-0.15, -0.1) is 0 Å². The minimum Gasteiger partial charge on any atom is -0.466 e. The lowest BCUT2D eigenvalue weighted by molar-refractivity contribution is -0.162. The van der Waals surface area contributed by atoms with Crippen LogP contribution in [0.15, 0.2) is 12.2 Å². The van der Waals surface area contributed by atoms with Gasteiger partial charge >= 0.3 is 11.9 Å². The van der Waals surface area contributed by atoms with Crippen LogP contribution in [0, 0.1) is 29.1 Å². The third-order valence-electron chi connectivity index (χ3n) is 8.37. The van der Waals surface area contributed by atoms with Crippen molar-refractivity contribution in [2.45, 2.75) is 105 Å². The Morgan fingerprint density at radius 1 is 1.16 bits per heavy atom. The maximum atomic E-state index is 14.0. The van der Waals surface area contributed by atoms with Crippen LogP contribution in [0.5, 0.6) is 0 Å². The van der Waals surface area contributed by atoms with Crippen molar-refractivity contribution >= 4 is 23.6 Å². The Kier molecular flexibility index (Phi) is 9.82. The smallest absolute Gasteiger partial charge is 0.309 e. The zero-order valence-electron chi connectivity index (χ0n) is 24.3. The molecule has 1 saturated carbocycles. The van der Waals surface area contributed by atoms with Crippen LogP contribution in [-0.2, 0) is 33.4 Å². The number of hydrogen-bond acceptors (Lipinski definition) is 7. The second-order valence-corrected chi connectivity index (χ2v) is 12.7. The number of hydrogen-bond donors (Lipinski definition) is 0. The van der Waals surface area contributed by atoms with Crippen LogP contribution in [0.4, 0.5) is 0 Å². The molecule has 3 aliphatic rings. The molecule has 2 heterocycles. The summed E-state index contributed by atoms with van der Waals surface area (Å²) in [4.78, 5) is 55.1. The van der Waals surface area contributed by atoms with E-state index >= 15 is 0 Å². The lowest BCUT2D eigenvalue weighted by Gasteiger charge is -2.35. The van der Waals surface area contributed by atoms with Crippen molar-refractivity contribution in [3.05, 3.63) is 12.2 Å². The number of carbonyl (C=O) groups is 4. The molecule has 214 valence electrons. The number of Topliss-reactive ketones (excluding diaryl/α,β-unsaturated/α-hetero) is 1. The van der Waals surface area contributed by atoms with Gasteiger partial charge in [-0.2, -0.15) is 0 Å². The summed E-state index contributed by atoms with van der Waals surface area (Å²) in [5, 5.41) is 0. The Hall–Kier alpha value is -2.22. The number of ether oxygens (including phenoxy) is 3. The molecule has 0 N–H and O–H groups in total. The number of esters is 2. The summed E-state index contributed by atoms with van der Waals surface area (Å²) in [7, 11) is 0. The largest absolute Gasteiger partial charge is 0.466 e. The van der Waals surface area contributed by atoms with E-state index in [1.807, 2.05) is 12.2 Å². The van der Waals surface area contributed by atoms with Crippen LogP contribution < -0.4 is 0 Å². The number of rotatable bonds is 4. The lowest BCUT2D eigenvalue weighted by atomic mass is 9.88. The van der Waals surface area contributed by atoms with E-state index in [2.05, 4.69) is 13.8 Å². The number of piperidine rings is 1. The second kappa shape index (κ2) is 12.3. The molecule has 2 fully saturated rings. The van der Waals surface area contributed by atoms with Gasteiger partial charge in [0.05, 0.1) is 43.6 Å². The molecule has 8 nitrogen and oxygen atoms in total. The molecule has 0 radical (unpaired) electrons. The summed E-state index contributed by atoms with van der Waals surface area (Å²) < 4.78 is 16.8. The molecule has 1 amide bonds. The summed E-state index contributed by atoms with van der Waals surface area (Å²) in [6.45, 7) is 14.3. The van der Waals surface area contributed by atoms with E-state index in [0.717, 1.165) is 19.3 Å². The van der Waals surface area contributed by atoms with Crippen molar-refractivity contribution in [3.63, 3.8) is 0 Å². The summed E-state index contributed by atoms with van der Waals surface area (Å²) >= 11 is 0. The van der Waals surface area contributed by atoms with Crippen LogP contribution in [0.3, 0.4) is 0 Å². The van der Waals surface area contributed by atoms with E-state index < -0.39 is 35.6 Å². The molecular formula is C30H47NO7. The molecule has 0 bridgehead atoms. The van der Waals surface area contributed by atoms with Gasteiger partial charge in [-0.05, 0) is 71.1 Å². The highest BCUT2D eigenvalue weighted by Gasteiger charge is 2.69. The summed E-state index contributed by atoms with van der Waals surface area (Å²) in [5.74, 6) is -2.19. The molecule has 2 aliphatic heterocycles. The zero-order valence-corrected chi connectivity index (χ0v) is 24.3. The molecule has 8 heteroatoms. The highest BCUT2D eigenvalue weighted by atomic mass is 16.6. The normalized spacial score (nSPS) is 33.2. The average molecular weight is 534 g/mol. The first-order valence-electron chi connectivity index (χ1n) is 14.3. The molecule has 3 rings (SSSR count). The van der Waals surface area contributed by atoms with Crippen LogP contribution >= 0.6 is 0 Å². The summed E-state index contributed by atoms with van der Waals surface area (Å²) in [5.41, 5.74) is -0.726. The third kappa shape index (κ3) is 7.25. The fraction of sp³-hybridized carbons (Fsp3) is 0.800. The number of nitrogens with zero attached hydrogens (tertiary/aromatic N) is 1. The molecule has 6 atom stereocenters. The SMILES string of the molecule is CCOC(=O)[C@@H]1CCCC/C=C\CO[C@@H](C)[C@H](CC(=O)OC(C)(C)C)C(=O)N2C[C@H]3[C@@H]([C@H]2C(=O)C1)C3(C)C. The van der Waals surface area contributed by atoms with Gasteiger partial charge < -0.3 is 19.1 Å². The number of amides is 1. The first kappa shape index (κ1) is 30.3. The van der Waals surface area contributed by atoms with Gasteiger partial charge in [0, 0.05) is 13.0 Å². The van der Waals surface area contributed by atoms with E-state index in [1.165, 1.54) is 0 Å². The molecule has 1 saturated heterocycles. The number of ketones is 1. The standard InChI is InChI=1S/C30H47NO7/c1-8-36-28(35)20-14-12-10-9-11-13-15-37-19(2)21(17-24(33)38-29(3,4)5)27(34)31-18-22-25(30(22,6)7)26(31)23(32)16-20/h11,13,19-22,25-26H,8-10,12,14-18H2,1-7H3/b13-11-/t19-,20+,21-,22-,25-,26+/m0/s1. The van der Waals surface area contributed by atoms with Crippen LogP contribution in [0.25, 0.3) is 0 Å². The van der Waals surface area contributed by atoms with Gasteiger partial charge in [-0.3, -0.25) is 19.2 Å². The highest BCUT2D eigenvalue weighted by Crippen LogP contribution is 2.65. The van der Waals surface area contributed by atoms with Gasteiger partial charge in [-0.25, -0.2) is 0 Å². The van der Waals surface area contributed by atoms with Gasteiger partial charge in [0.25, 0.3) is 0 Å². The van der Waals surface area contributed by atoms with Crippen molar-refractivity contribution < 1.29 is 33.4 Å². The fourth-order valence-corrected chi connectivity index (χ4v) is 6.20. The lowest BCUT2D eigenvalue weighted by Crippen LogP contribution is -2.50. The summed E-state index contributed by atoms with van der Waals surface area (Å²) in [6.07, 6.45) is 6.46. The Bertz CT molecular complexity index is 918. The predicted octanol–water partition coefficient (Wildman–Crippen LogP) is 4.49. The van der Waals surface area contributed by atoms with Gasteiger partial charge in [0.2, 0.25) is 5.91 Å². The Morgan fingerprint density at radius 3 is 2.53 bits per heavy atom. The summed E-state index contributed by atoms with van der Waals surface area (Å²) in [6, 6.07) is -0.611. The van der Waals surface area contributed by atoms with E-state index in [0.29, 0.717) is 19.6 Å². The van der Waals surface area contributed by atoms with E-state index in [1.54, 1.807) is 39.5 Å². The number of carbonyl (C=O) groups excluding carboxylic acids is 4. The number of fused-ring (bicyclic) bond motifs is 3. The highest BCUT2D eigenvalue weighted by molar-refractivity contribution is 5.94. The van der Waals surface area contributed by atoms with Crippen molar-refractivity contribution in [2.75, 3.05) is 19.8 Å². The maximum absolute atomic E-state index is 14.0. The molecule has 0 unspecified atom stereocenters. The van der Waals surface area contributed by atoms with Crippen molar-refractivity contribution in [1.29, 1.82) is 0 Å². The quantitative estimate of drug-likeness (QED) is 0.388. The van der Waals surface area contributed by atoms with Gasteiger partial charge in [0.15, 0.2) is 5.78 Å². The van der Waals surface area contributed by atoms with Gasteiger partial charge in [-0.1, -0.05) is 32.4 Å². The molecular weight excluding hydrogens is 486 g/mol. The topological polar surface area (TPSA) is 99.2 Å². The predicted molar refractivity (Wildman–Crippen MR) is 143 cm³/mol. The third-order valence-corrected chi connectivity index (χ3v) is 8.37. The fourth-order valence-electron chi connectivity index (χ4n) is 6.20. The minimum absolute atomic E-state index is 0.0435. The zero-order chi connectivity index (χ0) is 28.3. The minimum atomic E-state index is -0.775. The van der Waals surface area contributed by atoms with Crippen molar-refractivity contribution in [2.24, 2.45) is 29.1 Å². The first-order valence-corrected chi connectivity index (χ1v) is 14.3. The van der Waals surface area contributed by atoms with E-state index in [4.69, 9.17) is 14.2 Å². The Morgan fingerprint density at radius 2 is 1.87 bits per heavy atom. The second-order valence-electron chi connectivity index (χ2n) is 12.7. The Labute approximate surface area is 227 Å². The van der Waals surface area contributed by atoms with Crippen molar-refractivity contribution in [3.8, 4) is 0 Å².